The largest absolute Gasteiger partial charge is 0.762 e. The normalized spacial score (nSPS) is 11.0. The first-order valence-corrected chi connectivity index (χ1v) is 4.93. The van der Waals surface area contributed by atoms with E-state index in [1.54, 1.807) is 29.5 Å². The fourth-order valence-electron chi connectivity index (χ4n) is 0.852. The SMILES string of the molecule is Nc1ccccc1NC(=O)C#CS(=O)[O-]. The molecule has 0 spiro atoms. The summed E-state index contributed by atoms with van der Waals surface area (Å²) >= 11 is -2.55. The molecule has 1 aromatic carbocycles. The summed E-state index contributed by atoms with van der Waals surface area (Å²) in [6, 6.07) is 6.59. The number of nitrogens with two attached hydrogens (primary N) is 1. The van der Waals surface area contributed by atoms with Crippen LogP contribution in [0.25, 0.3) is 0 Å². The Morgan fingerprint density at radius 3 is 2.73 bits per heavy atom. The molecule has 1 rings (SSSR count). The highest BCUT2D eigenvalue weighted by Gasteiger charge is 2.00. The van der Waals surface area contributed by atoms with Crippen LogP contribution in [0.4, 0.5) is 11.4 Å². The van der Waals surface area contributed by atoms with Crippen LogP contribution in [0.15, 0.2) is 24.3 Å². The predicted molar refractivity (Wildman–Crippen MR) is 56.2 cm³/mol. The molecule has 0 saturated carbocycles. The second-order valence-electron chi connectivity index (χ2n) is 2.50. The zero-order valence-corrected chi connectivity index (χ0v) is 8.34. The van der Waals surface area contributed by atoms with Crippen molar-refractivity contribution in [1.82, 2.24) is 0 Å². The molecular formula is C9H7N2O3S-. The maximum Gasteiger partial charge on any atom is 0.301 e. The van der Waals surface area contributed by atoms with E-state index in [0.717, 1.165) is 0 Å². The van der Waals surface area contributed by atoms with Crippen molar-refractivity contribution in [3.8, 4) is 11.2 Å². The molecule has 0 fully saturated rings. The quantitative estimate of drug-likeness (QED) is 0.399. The molecule has 0 aliphatic rings. The summed E-state index contributed by atoms with van der Waals surface area (Å²) in [5.41, 5.74) is 6.32. The van der Waals surface area contributed by atoms with E-state index < -0.39 is 17.0 Å². The number of para-hydroxylation sites is 2. The summed E-state index contributed by atoms with van der Waals surface area (Å²) in [5.74, 6) is 1.16. The number of carbonyl (C=O) groups excluding carboxylic acids is 1. The highest BCUT2D eigenvalue weighted by atomic mass is 32.2. The van der Waals surface area contributed by atoms with Gasteiger partial charge in [-0.3, -0.25) is 9.00 Å². The lowest BCUT2D eigenvalue weighted by atomic mass is 10.3. The zero-order valence-electron chi connectivity index (χ0n) is 7.52. The number of amides is 1. The van der Waals surface area contributed by atoms with Gasteiger partial charge in [-0.15, -0.1) is 0 Å². The van der Waals surface area contributed by atoms with Crippen LogP contribution in [-0.4, -0.2) is 14.7 Å². The van der Waals surface area contributed by atoms with Crippen molar-refractivity contribution in [2.24, 2.45) is 0 Å². The van der Waals surface area contributed by atoms with Gasteiger partial charge in [0, 0.05) is 17.0 Å². The third kappa shape index (κ3) is 3.81. The number of benzene rings is 1. The highest BCUT2D eigenvalue weighted by Crippen LogP contribution is 2.15. The van der Waals surface area contributed by atoms with Crippen LogP contribution >= 0.6 is 0 Å². The van der Waals surface area contributed by atoms with E-state index >= 15 is 0 Å². The zero-order chi connectivity index (χ0) is 11.3. The molecule has 1 amide bonds. The van der Waals surface area contributed by atoms with E-state index in [-0.39, 0.29) is 0 Å². The van der Waals surface area contributed by atoms with Crippen LogP contribution in [0, 0.1) is 11.2 Å². The molecule has 1 atom stereocenters. The van der Waals surface area contributed by atoms with Crippen molar-refractivity contribution in [3.63, 3.8) is 0 Å². The van der Waals surface area contributed by atoms with Crippen molar-refractivity contribution in [2.45, 2.75) is 0 Å². The van der Waals surface area contributed by atoms with E-state index in [0.29, 0.717) is 11.4 Å². The smallest absolute Gasteiger partial charge is 0.301 e. The molecule has 0 aliphatic heterocycles. The van der Waals surface area contributed by atoms with Crippen LogP contribution in [0.5, 0.6) is 0 Å². The van der Waals surface area contributed by atoms with E-state index in [4.69, 9.17) is 5.73 Å². The van der Waals surface area contributed by atoms with Crippen molar-refractivity contribution < 1.29 is 13.6 Å². The van der Waals surface area contributed by atoms with E-state index in [2.05, 4.69) is 5.32 Å². The molecule has 1 aromatic rings. The van der Waals surface area contributed by atoms with Crippen molar-refractivity contribution in [3.05, 3.63) is 24.3 Å². The second kappa shape index (κ2) is 5.14. The standard InChI is InChI=1S/C9H8N2O3S/c10-7-3-1-2-4-8(7)11-9(12)5-6-15(13)14/h1-4H,10H2,(H,11,12)(H,13,14)/p-1. The summed E-state index contributed by atoms with van der Waals surface area (Å²) in [4.78, 5) is 11.1. The first-order chi connectivity index (χ1) is 7.09. The third-order valence-electron chi connectivity index (χ3n) is 1.46. The molecule has 6 heteroatoms. The summed E-state index contributed by atoms with van der Waals surface area (Å²) in [5, 5.41) is 4.05. The third-order valence-corrected chi connectivity index (χ3v) is 1.73. The van der Waals surface area contributed by atoms with E-state index in [1.807, 2.05) is 5.92 Å². The number of nitrogens with one attached hydrogen (secondary N) is 1. The van der Waals surface area contributed by atoms with Crippen molar-refractivity contribution >= 4 is 28.4 Å². The molecule has 0 bridgehead atoms. The number of nitrogen functional groups attached to an aromatic ring is 1. The van der Waals surface area contributed by atoms with E-state index in [9.17, 15) is 13.6 Å². The lowest BCUT2D eigenvalue weighted by molar-refractivity contribution is -0.111. The fourth-order valence-corrected chi connectivity index (χ4v) is 1.03. The predicted octanol–water partition coefficient (Wildman–Crippen LogP) is 0.0473. The van der Waals surface area contributed by atoms with Gasteiger partial charge in [-0.25, -0.2) is 0 Å². The average Bonchev–Trinajstić information content (AvgIpc) is 2.18. The maximum atomic E-state index is 11.1. The number of hydrogen-bond donors (Lipinski definition) is 2. The van der Waals surface area contributed by atoms with Crippen LogP contribution in [-0.2, 0) is 15.9 Å². The van der Waals surface area contributed by atoms with Gasteiger partial charge in [-0.1, -0.05) is 12.1 Å². The number of anilines is 2. The van der Waals surface area contributed by atoms with Gasteiger partial charge in [0.15, 0.2) is 0 Å². The van der Waals surface area contributed by atoms with Gasteiger partial charge in [0.1, 0.15) is 0 Å². The lowest BCUT2D eigenvalue weighted by Crippen LogP contribution is -2.10. The van der Waals surface area contributed by atoms with Gasteiger partial charge in [0.25, 0.3) is 0 Å². The molecule has 0 saturated heterocycles. The Balaban J connectivity index is 2.73. The van der Waals surface area contributed by atoms with Crippen molar-refractivity contribution in [2.75, 3.05) is 11.1 Å². The maximum absolute atomic E-state index is 11.1. The number of hydrogen-bond acceptors (Lipinski definition) is 4. The van der Waals surface area contributed by atoms with E-state index in [1.165, 1.54) is 0 Å². The molecule has 78 valence electrons. The summed E-state index contributed by atoms with van der Waals surface area (Å²) in [6.07, 6.45) is 0. The monoisotopic (exact) mass is 223 g/mol. The van der Waals surface area contributed by atoms with Crippen LogP contribution < -0.4 is 11.1 Å². The number of carbonyl (C=O) groups is 1. The Kier molecular flexibility index (Phi) is 3.85. The molecule has 15 heavy (non-hydrogen) atoms. The first kappa shape index (κ1) is 11.2. The second-order valence-corrected chi connectivity index (χ2v) is 3.18. The Morgan fingerprint density at radius 2 is 2.13 bits per heavy atom. The average molecular weight is 223 g/mol. The Labute approximate surface area is 89.0 Å². The molecule has 0 radical (unpaired) electrons. The number of rotatable bonds is 1. The minimum Gasteiger partial charge on any atom is -0.762 e. The minimum absolute atomic E-state index is 0.385. The van der Waals surface area contributed by atoms with Gasteiger partial charge in [0.2, 0.25) is 0 Å². The molecular weight excluding hydrogens is 216 g/mol. The van der Waals surface area contributed by atoms with Gasteiger partial charge < -0.3 is 15.6 Å². The molecule has 0 heterocycles. The minimum atomic E-state index is -2.55. The van der Waals surface area contributed by atoms with Gasteiger partial charge in [0.05, 0.1) is 11.4 Å². The summed E-state index contributed by atoms with van der Waals surface area (Å²) in [6.45, 7) is 0. The highest BCUT2D eigenvalue weighted by molar-refractivity contribution is 7.84. The topological polar surface area (TPSA) is 95.2 Å². The van der Waals surface area contributed by atoms with Crippen LogP contribution in [0.2, 0.25) is 0 Å². The summed E-state index contributed by atoms with van der Waals surface area (Å²) < 4.78 is 20.1. The molecule has 3 N–H and O–H groups in total. The molecule has 5 nitrogen and oxygen atoms in total. The molecule has 1 unspecified atom stereocenters. The fraction of sp³-hybridized carbons (Fsp3) is 0. The lowest BCUT2D eigenvalue weighted by Gasteiger charge is -2.03. The van der Waals surface area contributed by atoms with Crippen LogP contribution in [0.1, 0.15) is 0 Å². The van der Waals surface area contributed by atoms with Crippen molar-refractivity contribution in [1.29, 1.82) is 0 Å². The van der Waals surface area contributed by atoms with Gasteiger partial charge in [-0.2, -0.15) is 0 Å². The Morgan fingerprint density at radius 1 is 1.47 bits per heavy atom. The Bertz CT molecular complexity index is 462. The molecule has 0 aromatic heterocycles. The van der Waals surface area contributed by atoms with Gasteiger partial charge in [-0.05, 0) is 17.4 Å². The van der Waals surface area contributed by atoms with Gasteiger partial charge >= 0.3 is 5.91 Å². The summed E-state index contributed by atoms with van der Waals surface area (Å²) in [7, 11) is 0. The first-order valence-electron chi connectivity index (χ1n) is 3.86. The van der Waals surface area contributed by atoms with Crippen LogP contribution in [0.3, 0.4) is 0 Å². The Hall–Kier alpha value is -1.84. The molecule has 0 aliphatic carbocycles.